The number of halogens is 1. The van der Waals surface area contributed by atoms with Gasteiger partial charge in [0, 0.05) is 42.6 Å². The van der Waals surface area contributed by atoms with Crippen molar-refractivity contribution in [2.75, 3.05) is 13.1 Å². The van der Waals surface area contributed by atoms with Crippen LogP contribution in [0.25, 0.3) is 0 Å². The fraction of sp³-hybridized carbons (Fsp3) is 0.357. The fourth-order valence-corrected chi connectivity index (χ4v) is 2.98. The Morgan fingerprint density at radius 2 is 2.22 bits per heavy atom. The van der Waals surface area contributed by atoms with Gasteiger partial charge in [-0.2, -0.15) is 5.10 Å². The molecule has 1 aromatic heterocycles. The molecule has 1 saturated heterocycles. The van der Waals surface area contributed by atoms with Crippen LogP contribution in [0.1, 0.15) is 11.3 Å². The summed E-state index contributed by atoms with van der Waals surface area (Å²) in [6, 6.07) is 10.7. The molecule has 3 rings (SSSR count). The molecule has 4 heteroatoms. The molecule has 0 atom stereocenters. The lowest BCUT2D eigenvalue weighted by atomic mass is 9.72. The van der Waals surface area contributed by atoms with E-state index in [4.69, 9.17) is 0 Å². The molecule has 2 heterocycles. The van der Waals surface area contributed by atoms with Gasteiger partial charge in [-0.25, -0.2) is 0 Å². The van der Waals surface area contributed by atoms with Crippen molar-refractivity contribution in [3.63, 3.8) is 0 Å². The van der Waals surface area contributed by atoms with Crippen molar-refractivity contribution in [1.29, 1.82) is 0 Å². The van der Waals surface area contributed by atoms with Crippen molar-refractivity contribution in [1.82, 2.24) is 15.1 Å². The standard InChI is InChI=1S/C14H16BrN3/c1-18-6-5-13(17-18)8-14(9-16-10-14)11-3-2-4-12(15)7-11/h2-7,16H,8-10H2,1H3. The smallest absolute Gasteiger partial charge is 0.0634 e. The number of rotatable bonds is 3. The van der Waals surface area contributed by atoms with Crippen LogP contribution in [-0.2, 0) is 18.9 Å². The molecule has 0 saturated carbocycles. The predicted octanol–water partition coefficient (Wildman–Crippen LogP) is 2.27. The summed E-state index contributed by atoms with van der Waals surface area (Å²) in [6.45, 7) is 2.06. The number of hydrogen-bond acceptors (Lipinski definition) is 2. The second-order valence-corrected chi connectivity index (χ2v) is 5.97. The lowest BCUT2D eigenvalue weighted by Gasteiger charge is -2.43. The summed E-state index contributed by atoms with van der Waals surface area (Å²) in [5.74, 6) is 0. The Morgan fingerprint density at radius 1 is 1.39 bits per heavy atom. The Labute approximate surface area is 115 Å². The summed E-state index contributed by atoms with van der Waals surface area (Å²) in [4.78, 5) is 0. The topological polar surface area (TPSA) is 29.9 Å². The van der Waals surface area contributed by atoms with Crippen molar-refractivity contribution in [3.05, 3.63) is 52.3 Å². The molecule has 1 N–H and O–H groups in total. The first-order valence-electron chi connectivity index (χ1n) is 6.13. The van der Waals surface area contributed by atoms with E-state index >= 15 is 0 Å². The van der Waals surface area contributed by atoms with Gasteiger partial charge in [0.15, 0.2) is 0 Å². The fourth-order valence-electron chi connectivity index (χ4n) is 2.58. The largest absolute Gasteiger partial charge is 0.315 e. The average molecular weight is 306 g/mol. The highest BCUT2D eigenvalue weighted by molar-refractivity contribution is 9.10. The SMILES string of the molecule is Cn1ccc(CC2(c3cccc(Br)c3)CNC2)n1. The van der Waals surface area contributed by atoms with Gasteiger partial charge in [0.2, 0.25) is 0 Å². The number of aromatic nitrogens is 2. The molecule has 18 heavy (non-hydrogen) atoms. The minimum atomic E-state index is 0.206. The molecule has 1 aliphatic rings. The summed E-state index contributed by atoms with van der Waals surface area (Å²) in [5.41, 5.74) is 2.76. The normalized spacial score (nSPS) is 17.4. The summed E-state index contributed by atoms with van der Waals surface area (Å²) in [7, 11) is 1.97. The second kappa shape index (κ2) is 4.52. The van der Waals surface area contributed by atoms with Gasteiger partial charge in [0.25, 0.3) is 0 Å². The summed E-state index contributed by atoms with van der Waals surface area (Å²) >= 11 is 3.56. The van der Waals surface area contributed by atoms with Crippen molar-refractivity contribution < 1.29 is 0 Å². The van der Waals surface area contributed by atoms with Crippen LogP contribution in [0.2, 0.25) is 0 Å². The van der Waals surface area contributed by atoms with Crippen LogP contribution in [0.15, 0.2) is 41.0 Å². The van der Waals surface area contributed by atoms with Gasteiger partial charge in [-0.3, -0.25) is 4.68 Å². The first kappa shape index (κ1) is 11.9. The maximum absolute atomic E-state index is 4.50. The Kier molecular flexibility index (Phi) is 2.99. The van der Waals surface area contributed by atoms with Crippen LogP contribution < -0.4 is 5.32 Å². The van der Waals surface area contributed by atoms with Crippen LogP contribution >= 0.6 is 15.9 Å². The van der Waals surface area contributed by atoms with Crippen molar-refractivity contribution in [2.24, 2.45) is 7.05 Å². The zero-order valence-electron chi connectivity index (χ0n) is 10.4. The van der Waals surface area contributed by atoms with Gasteiger partial charge < -0.3 is 5.32 Å². The third-order valence-corrected chi connectivity index (χ3v) is 4.15. The summed E-state index contributed by atoms with van der Waals surface area (Å²) < 4.78 is 3.02. The third kappa shape index (κ3) is 2.10. The molecule has 1 fully saturated rings. The van der Waals surface area contributed by atoms with Gasteiger partial charge in [-0.1, -0.05) is 28.1 Å². The van der Waals surface area contributed by atoms with Crippen LogP contribution in [-0.4, -0.2) is 22.9 Å². The molecular weight excluding hydrogens is 290 g/mol. The van der Waals surface area contributed by atoms with E-state index in [1.165, 1.54) is 11.3 Å². The van der Waals surface area contributed by atoms with Crippen LogP contribution in [0.4, 0.5) is 0 Å². The zero-order chi connectivity index (χ0) is 12.6. The minimum Gasteiger partial charge on any atom is -0.315 e. The molecule has 1 aromatic carbocycles. The highest BCUT2D eigenvalue weighted by Crippen LogP contribution is 2.33. The molecule has 3 nitrogen and oxygen atoms in total. The molecule has 2 aromatic rings. The van der Waals surface area contributed by atoms with E-state index in [1.807, 2.05) is 17.9 Å². The highest BCUT2D eigenvalue weighted by Gasteiger charge is 2.39. The van der Waals surface area contributed by atoms with E-state index in [0.717, 1.165) is 24.0 Å². The number of nitrogens with zero attached hydrogens (tertiary/aromatic N) is 2. The number of nitrogens with one attached hydrogen (secondary N) is 1. The van der Waals surface area contributed by atoms with E-state index in [1.54, 1.807) is 0 Å². The molecule has 0 aliphatic carbocycles. The van der Waals surface area contributed by atoms with Crippen molar-refractivity contribution in [3.8, 4) is 0 Å². The van der Waals surface area contributed by atoms with Crippen LogP contribution in [0.5, 0.6) is 0 Å². The van der Waals surface area contributed by atoms with Gasteiger partial charge in [0.05, 0.1) is 5.69 Å². The number of benzene rings is 1. The molecule has 0 amide bonds. The predicted molar refractivity (Wildman–Crippen MR) is 75.6 cm³/mol. The Bertz CT molecular complexity index is 558. The van der Waals surface area contributed by atoms with Gasteiger partial charge in [-0.05, 0) is 23.8 Å². The average Bonchev–Trinajstić information content (AvgIpc) is 2.69. The van der Waals surface area contributed by atoms with E-state index in [2.05, 4.69) is 56.7 Å². The Hall–Kier alpha value is -1.13. The van der Waals surface area contributed by atoms with E-state index in [0.29, 0.717) is 0 Å². The van der Waals surface area contributed by atoms with E-state index < -0.39 is 0 Å². The molecular formula is C14H16BrN3. The Balaban J connectivity index is 1.90. The summed E-state index contributed by atoms with van der Waals surface area (Å²) in [5, 5.41) is 7.90. The monoisotopic (exact) mass is 305 g/mol. The summed E-state index contributed by atoms with van der Waals surface area (Å²) in [6.07, 6.45) is 3.01. The number of aryl methyl sites for hydroxylation is 1. The third-order valence-electron chi connectivity index (χ3n) is 3.65. The molecule has 94 valence electrons. The first-order valence-corrected chi connectivity index (χ1v) is 6.93. The van der Waals surface area contributed by atoms with Gasteiger partial charge in [0.1, 0.15) is 0 Å². The molecule has 0 unspecified atom stereocenters. The molecule has 1 aliphatic heterocycles. The van der Waals surface area contributed by atoms with Crippen LogP contribution in [0.3, 0.4) is 0 Å². The molecule has 0 spiro atoms. The van der Waals surface area contributed by atoms with Crippen molar-refractivity contribution >= 4 is 15.9 Å². The van der Waals surface area contributed by atoms with E-state index in [9.17, 15) is 0 Å². The lowest BCUT2D eigenvalue weighted by molar-refractivity contribution is 0.272. The van der Waals surface area contributed by atoms with Gasteiger partial charge >= 0.3 is 0 Å². The second-order valence-electron chi connectivity index (χ2n) is 5.05. The Morgan fingerprint density at radius 3 is 2.78 bits per heavy atom. The maximum Gasteiger partial charge on any atom is 0.0634 e. The molecule has 0 radical (unpaired) electrons. The quantitative estimate of drug-likeness (QED) is 0.943. The number of hydrogen-bond donors (Lipinski definition) is 1. The maximum atomic E-state index is 4.50. The minimum absolute atomic E-state index is 0.206. The van der Waals surface area contributed by atoms with E-state index in [-0.39, 0.29) is 5.41 Å². The molecule has 0 bridgehead atoms. The highest BCUT2D eigenvalue weighted by atomic mass is 79.9. The van der Waals surface area contributed by atoms with Crippen molar-refractivity contribution in [2.45, 2.75) is 11.8 Å². The first-order chi connectivity index (χ1) is 8.68. The van der Waals surface area contributed by atoms with Crippen LogP contribution in [0, 0.1) is 0 Å². The van der Waals surface area contributed by atoms with Gasteiger partial charge in [-0.15, -0.1) is 0 Å². The zero-order valence-corrected chi connectivity index (χ0v) is 11.9. The lowest BCUT2D eigenvalue weighted by Crippen LogP contribution is -2.58.